The molecule has 2 unspecified atom stereocenters. The summed E-state index contributed by atoms with van der Waals surface area (Å²) in [5.41, 5.74) is 0. The first-order valence-electron chi connectivity index (χ1n) is 7.61. The van der Waals surface area contributed by atoms with Gasteiger partial charge in [0.05, 0.1) is 6.17 Å². The van der Waals surface area contributed by atoms with Gasteiger partial charge in [0.2, 0.25) is 0 Å². The lowest BCUT2D eigenvalue weighted by atomic mass is 10.0. The zero-order chi connectivity index (χ0) is 17.5. The SMILES string of the molecule is CC.CC(C)C(C)F.CC(C)C(O)C(C)(F)F.CCC. The molecule has 0 aliphatic carbocycles. The van der Waals surface area contributed by atoms with E-state index in [4.69, 9.17) is 5.11 Å². The minimum absolute atomic E-state index is 0.185. The van der Waals surface area contributed by atoms with Crippen molar-refractivity contribution in [2.24, 2.45) is 11.8 Å². The van der Waals surface area contributed by atoms with E-state index in [1.54, 1.807) is 20.8 Å². The lowest BCUT2D eigenvalue weighted by Crippen LogP contribution is -2.34. The summed E-state index contributed by atoms with van der Waals surface area (Å²) in [5, 5.41) is 8.71. The Kier molecular flexibility index (Phi) is 23.5. The van der Waals surface area contributed by atoms with E-state index in [0.29, 0.717) is 0 Å². The number of aliphatic hydroxyl groups excluding tert-OH is 1. The maximum absolute atomic E-state index is 12.1. The van der Waals surface area contributed by atoms with Crippen molar-refractivity contribution in [2.75, 3.05) is 0 Å². The summed E-state index contributed by atoms with van der Waals surface area (Å²) >= 11 is 0. The molecule has 1 nitrogen and oxygen atoms in total. The highest BCUT2D eigenvalue weighted by molar-refractivity contribution is 4.73. The van der Waals surface area contributed by atoms with Crippen LogP contribution in [0.4, 0.5) is 13.2 Å². The lowest BCUT2D eigenvalue weighted by Gasteiger charge is -2.20. The molecule has 0 amide bonds. The first kappa shape index (κ1) is 28.0. The van der Waals surface area contributed by atoms with E-state index in [9.17, 15) is 13.2 Å². The minimum atomic E-state index is -2.96. The highest BCUT2D eigenvalue weighted by Gasteiger charge is 2.34. The van der Waals surface area contributed by atoms with Crippen LogP contribution in [0.1, 0.15) is 75.7 Å². The van der Waals surface area contributed by atoms with Gasteiger partial charge in [0, 0.05) is 6.92 Å². The van der Waals surface area contributed by atoms with Crippen LogP contribution in [0.2, 0.25) is 0 Å². The molecule has 20 heavy (non-hydrogen) atoms. The van der Waals surface area contributed by atoms with Crippen molar-refractivity contribution in [1.29, 1.82) is 0 Å². The first-order valence-corrected chi connectivity index (χ1v) is 7.61. The molecular weight excluding hydrogens is 265 g/mol. The number of hydrogen-bond donors (Lipinski definition) is 1. The Morgan fingerprint density at radius 2 is 1.10 bits per heavy atom. The van der Waals surface area contributed by atoms with Crippen LogP contribution in [0.5, 0.6) is 0 Å². The van der Waals surface area contributed by atoms with E-state index in [1.807, 2.05) is 27.7 Å². The normalized spacial score (nSPS) is 13.2. The summed E-state index contributed by atoms with van der Waals surface area (Å²) in [6.07, 6.45) is -0.914. The van der Waals surface area contributed by atoms with Gasteiger partial charge in [0.15, 0.2) is 0 Å². The Labute approximate surface area is 125 Å². The van der Waals surface area contributed by atoms with E-state index in [1.165, 1.54) is 6.42 Å². The second-order valence-electron chi connectivity index (χ2n) is 5.27. The molecule has 0 fully saturated rings. The van der Waals surface area contributed by atoms with E-state index in [2.05, 4.69) is 13.8 Å². The molecule has 0 saturated carbocycles. The standard InChI is InChI=1S/C6H12F2O.C5H11F.C3H8.C2H6/c1-4(2)5(9)6(3,7)8;1-4(2)5(3)6;1-3-2;1-2/h4-5,9H,1-3H3;4-5H,1-3H3;3H2,1-2H3;1-2H3. The smallest absolute Gasteiger partial charge is 0.270 e. The predicted octanol–water partition coefficient (Wildman–Crippen LogP) is 6.10. The van der Waals surface area contributed by atoms with Gasteiger partial charge in [-0.05, 0) is 18.8 Å². The fourth-order valence-electron chi connectivity index (χ4n) is 0.585. The van der Waals surface area contributed by atoms with Crippen LogP contribution >= 0.6 is 0 Å². The molecule has 0 saturated heterocycles. The Morgan fingerprint density at radius 3 is 1.10 bits per heavy atom. The zero-order valence-corrected chi connectivity index (χ0v) is 15.1. The fourth-order valence-corrected chi connectivity index (χ4v) is 0.585. The molecule has 2 atom stereocenters. The summed E-state index contributed by atoms with van der Waals surface area (Å²) < 4.78 is 36.1. The Balaban J connectivity index is -0.000000101. The highest BCUT2D eigenvalue weighted by Crippen LogP contribution is 2.22. The molecule has 0 aromatic heterocycles. The average molecular weight is 302 g/mol. The van der Waals surface area contributed by atoms with Crippen LogP contribution in [-0.4, -0.2) is 23.3 Å². The van der Waals surface area contributed by atoms with Crippen molar-refractivity contribution in [2.45, 2.75) is 93.9 Å². The van der Waals surface area contributed by atoms with Crippen LogP contribution in [-0.2, 0) is 0 Å². The summed E-state index contributed by atoms with van der Waals surface area (Å²) in [6, 6.07) is 0. The van der Waals surface area contributed by atoms with Gasteiger partial charge in [-0.25, -0.2) is 13.2 Å². The van der Waals surface area contributed by atoms with E-state index in [0.717, 1.165) is 6.92 Å². The van der Waals surface area contributed by atoms with Crippen molar-refractivity contribution in [1.82, 2.24) is 0 Å². The van der Waals surface area contributed by atoms with Crippen molar-refractivity contribution in [3.63, 3.8) is 0 Å². The van der Waals surface area contributed by atoms with Gasteiger partial charge in [-0.3, -0.25) is 0 Å². The summed E-state index contributed by atoms with van der Waals surface area (Å²) in [4.78, 5) is 0. The fraction of sp³-hybridized carbons (Fsp3) is 1.00. The lowest BCUT2D eigenvalue weighted by molar-refractivity contribution is -0.112. The third kappa shape index (κ3) is 26.3. The summed E-state index contributed by atoms with van der Waals surface area (Å²) in [6.45, 7) is 17.4. The number of aliphatic hydroxyl groups is 1. The van der Waals surface area contributed by atoms with Gasteiger partial charge in [-0.15, -0.1) is 0 Å². The molecule has 1 N–H and O–H groups in total. The van der Waals surface area contributed by atoms with Crippen molar-refractivity contribution < 1.29 is 18.3 Å². The van der Waals surface area contributed by atoms with Gasteiger partial charge >= 0.3 is 0 Å². The molecular formula is C16H37F3O. The van der Waals surface area contributed by atoms with Crippen molar-refractivity contribution in [3.05, 3.63) is 0 Å². The Morgan fingerprint density at radius 1 is 0.900 bits per heavy atom. The van der Waals surface area contributed by atoms with Crippen molar-refractivity contribution in [3.8, 4) is 0 Å². The van der Waals surface area contributed by atoms with Crippen LogP contribution < -0.4 is 0 Å². The number of rotatable bonds is 3. The van der Waals surface area contributed by atoms with Gasteiger partial charge < -0.3 is 5.11 Å². The topological polar surface area (TPSA) is 20.2 Å². The van der Waals surface area contributed by atoms with E-state index in [-0.39, 0.29) is 11.8 Å². The molecule has 4 heteroatoms. The summed E-state index contributed by atoms with van der Waals surface area (Å²) in [7, 11) is 0. The van der Waals surface area contributed by atoms with Crippen LogP contribution in [0.15, 0.2) is 0 Å². The molecule has 0 aromatic carbocycles. The number of hydrogen-bond acceptors (Lipinski definition) is 1. The molecule has 0 aliphatic rings. The third-order valence-electron chi connectivity index (χ3n) is 2.07. The summed E-state index contributed by atoms with van der Waals surface area (Å²) in [5.74, 6) is -3.16. The minimum Gasteiger partial charge on any atom is -0.387 e. The molecule has 0 spiro atoms. The highest BCUT2D eigenvalue weighted by atomic mass is 19.3. The van der Waals surface area contributed by atoms with Gasteiger partial charge in [-0.2, -0.15) is 0 Å². The van der Waals surface area contributed by atoms with Gasteiger partial charge in [0.1, 0.15) is 6.10 Å². The largest absolute Gasteiger partial charge is 0.387 e. The maximum atomic E-state index is 12.1. The van der Waals surface area contributed by atoms with Gasteiger partial charge in [-0.1, -0.05) is 61.8 Å². The molecule has 0 rings (SSSR count). The molecule has 0 aliphatic heterocycles. The van der Waals surface area contributed by atoms with Gasteiger partial charge in [0.25, 0.3) is 5.92 Å². The first-order chi connectivity index (χ1) is 8.91. The quantitative estimate of drug-likeness (QED) is 0.667. The van der Waals surface area contributed by atoms with E-state index >= 15 is 0 Å². The van der Waals surface area contributed by atoms with Crippen LogP contribution in [0, 0.1) is 11.8 Å². The Hall–Kier alpha value is -0.250. The number of halogens is 3. The van der Waals surface area contributed by atoms with E-state index < -0.39 is 18.2 Å². The maximum Gasteiger partial charge on any atom is 0.270 e. The monoisotopic (exact) mass is 302 g/mol. The molecule has 0 radical (unpaired) electrons. The third-order valence-corrected chi connectivity index (χ3v) is 2.07. The average Bonchev–Trinajstić information content (AvgIpc) is 2.31. The molecule has 128 valence electrons. The van der Waals surface area contributed by atoms with Crippen LogP contribution in [0.25, 0.3) is 0 Å². The second kappa shape index (κ2) is 16.8. The Bertz CT molecular complexity index is 158. The number of alkyl halides is 3. The molecule has 0 aromatic rings. The second-order valence-corrected chi connectivity index (χ2v) is 5.27. The molecule has 0 bridgehead atoms. The van der Waals surface area contributed by atoms with Crippen molar-refractivity contribution >= 4 is 0 Å². The zero-order valence-electron chi connectivity index (χ0n) is 15.1. The predicted molar refractivity (Wildman–Crippen MR) is 84.2 cm³/mol. The molecule has 0 heterocycles. The van der Waals surface area contributed by atoms with Crippen LogP contribution in [0.3, 0.4) is 0 Å².